The molecular formula is C19H25N3O3S. The maximum Gasteiger partial charge on any atom is 0.340 e. The molecule has 0 N–H and O–H groups in total. The van der Waals surface area contributed by atoms with E-state index in [1.165, 1.54) is 17.8 Å². The van der Waals surface area contributed by atoms with E-state index in [0.717, 1.165) is 19.5 Å². The standard InChI is InChI=1S/C19H25N3O3S/c1-5-25-19(24)16-7-15(8-20)18(21-14(16)4)26-11-17(23)22-9-12(2)6-13(3)10-22/h7,12-13H,5-6,9-11H2,1-4H3/t12-,13-/m1/s1. The van der Waals surface area contributed by atoms with Crippen LogP contribution in [0.15, 0.2) is 11.1 Å². The lowest BCUT2D eigenvalue weighted by Crippen LogP contribution is -2.43. The minimum Gasteiger partial charge on any atom is -0.462 e. The van der Waals surface area contributed by atoms with Crippen LogP contribution in [0.5, 0.6) is 0 Å². The van der Waals surface area contributed by atoms with Crippen molar-refractivity contribution in [2.75, 3.05) is 25.4 Å². The minimum atomic E-state index is -0.488. The first-order valence-electron chi connectivity index (χ1n) is 8.85. The zero-order valence-corrected chi connectivity index (χ0v) is 16.6. The fourth-order valence-corrected chi connectivity index (χ4v) is 4.18. The van der Waals surface area contributed by atoms with Crippen molar-refractivity contribution >= 4 is 23.6 Å². The van der Waals surface area contributed by atoms with E-state index in [1.807, 2.05) is 4.90 Å². The topological polar surface area (TPSA) is 83.3 Å². The summed E-state index contributed by atoms with van der Waals surface area (Å²) >= 11 is 1.25. The van der Waals surface area contributed by atoms with Gasteiger partial charge in [0.15, 0.2) is 0 Å². The van der Waals surface area contributed by atoms with E-state index in [-0.39, 0.29) is 29.4 Å². The number of nitriles is 1. The Labute approximate surface area is 158 Å². The highest BCUT2D eigenvalue weighted by molar-refractivity contribution is 8.00. The van der Waals surface area contributed by atoms with Crippen LogP contribution in [-0.4, -0.2) is 47.2 Å². The number of piperidine rings is 1. The molecule has 0 bridgehead atoms. The van der Waals surface area contributed by atoms with Gasteiger partial charge >= 0.3 is 5.97 Å². The Morgan fingerprint density at radius 3 is 2.62 bits per heavy atom. The summed E-state index contributed by atoms with van der Waals surface area (Å²) in [4.78, 5) is 30.7. The van der Waals surface area contributed by atoms with Gasteiger partial charge in [0.25, 0.3) is 0 Å². The number of hydrogen-bond donors (Lipinski definition) is 0. The summed E-state index contributed by atoms with van der Waals surface area (Å²) in [5, 5.41) is 9.85. The van der Waals surface area contributed by atoms with Gasteiger partial charge in [-0.2, -0.15) is 5.26 Å². The smallest absolute Gasteiger partial charge is 0.340 e. The molecule has 140 valence electrons. The van der Waals surface area contributed by atoms with Crippen LogP contribution in [0.3, 0.4) is 0 Å². The summed E-state index contributed by atoms with van der Waals surface area (Å²) in [5.74, 6) is 0.821. The van der Waals surface area contributed by atoms with Gasteiger partial charge < -0.3 is 9.64 Å². The highest BCUT2D eigenvalue weighted by atomic mass is 32.2. The van der Waals surface area contributed by atoms with Crippen LogP contribution in [0.4, 0.5) is 0 Å². The second kappa shape index (κ2) is 9.04. The van der Waals surface area contributed by atoms with Gasteiger partial charge in [-0.1, -0.05) is 25.6 Å². The van der Waals surface area contributed by atoms with Gasteiger partial charge in [-0.3, -0.25) is 4.79 Å². The molecule has 0 unspecified atom stereocenters. The molecule has 26 heavy (non-hydrogen) atoms. The number of carbonyl (C=O) groups is 2. The molecule has 1 aromatic heterocycles. The maximum absolute atomic E-state index is 12.5. The Balaban J connectivity index is 2.09. The molecule has 2 atom stereocenters. The molecule has 1 aliphatic rings. The summed E-state index contributed by atoms with van der Waals surface area (Å²) in [6.07, 6.45) is 1.14. The highest BCUT2D eigenvalue weighted by Crippen LogP contribution is 2.26. The average Bonchev–Trinajstić information content (AvgIpc) is 2.58. The van der Waals surface area contributed by atoms with E-state index in [4.69, 9.17) is 4.74 Å². The number of carbonyl (C=O) groups excluding carboxylic acids is 2. The predicted molar refractivity (Wildman–Crippen MR) is 99.9 cm³/mol. The number of likely N-dealkylation sites (tertiary alicyclic amines) is 1. The third-order valence-corrected chi connectivity index (χ3v) is 5.32. The molecule has 1 amide bonds. The molecule has 0 aliphatic carbocycles. The number of ether oxygens (including phenoxy) is 1. The number of pyridine rings is 1. The van der Waals surface area contributed by atoms with E-state index < -0.39 is 5.97 Å². The molecule has 0 aromatic carbocycles. The number of aryl methyl sites for hydroxylation is 1. The normalized spacial score (nSPS) is 19.7. The third kappa shape index (κ3) is 4.98. The molecule has 0 saturated carbocycles. The number of hydrogen-bond acceptors (Lipinski definition) is 6. The van der Waals surface area contributed by atoms with Gasteiger partial charge in [-0.25, -0.2) is 9.78 Å². The summed E-state index contributed by atoms with van der Waals surface area (Å²) in [5.41, 5.74) is 1.08. The Morgan fingerprint density at radius 2 is 2.04 bits per heavy atom. The molecule has 0 spiro atoms. The van der Waals surface area contributed by atoms with E-state index in [9.17, 15) is 14.9 Å². The van der Waals surface area contributed by atoms with Crippen LogP contribution in [-0.2, 0) is 9.53 Å². The number of aromatic nitrogens is 1. The van der Waals surface area contributed by atoms with E-state index in [2.05, 4.69) is 24.9 Å². The zero-order chi connectivity index (χ0) is 19.3. The molecule has 2 heterocycles. The Morgan fingerprint density at radius 1 is 1.38 bits per heavy atom. The van der Waals surface area contributed by atoms with Crippen LogP contribution in [0.25, 0.3) is 0 Å². The monoisotopic (exact) mass is 375 g/mol. The van der Waals surface area contributed by atoms with Crippen LogP contribution in [0.1, 0.15) is 48.8 Å². The molecule has 7 heteroatoms. The van der Waals surface area contributed by atoms with Gasteiger partial charge in [-0.05, 0) is 38.2 Å². The third-order valence-electron chi connectivity index (χ3n) is 4.35. The second-order valence-corrected chi connectivity index (χ2v) is 7.80. The lowest BCUT2D eigenvalue weighted by molar-refractivity contribution is -0.130. The lowest BCUT2D eigenvalue weighted by Gasteiger charge is -2.35. The van der Waals surface area contributed by atoms with Crippen LogP contribution in [0.2, 0.25) is 0 Å². The molecule has 1 aliphatic heterocycles. The Bertz CT molecular complexity index is 719. The van der Waals surface area contributed by atoms with Crippen molar-refractivity contribution in [1.29, 1.82) is 5.26 Å². The number of nitrogens with zero attached hydrogens (tertiary/aromatic N) is 3. The van der Waals surface area contributed by atoms with Crippen molar-refractivity contribution in [2.45, 2.75) is 39.1 Å². The summed E-state index contributed by atoms with van der Waals surface area (Å²) in [6.45, 7) is 9.58. The Hall–Kier alpha value is -2.07. The van der Waals surface area contributed by atoms with E-state index >= 15 is 0 Å². The molecular weight excluding hydrogens is 350 g/mol. The molecule has 1 aromatic rings. The van der Waals surface area contributed by atoms with Gasteiger partial charge in [-0.15, -0.1) is 0 Å². The molecule has 2 rings (SSSR count). The Kier molecular flexibility index (Phi) is 7.04. The minimum absolute atomic E-state index is 0.0613. The van der Waals surface area contributed by atoms with Crippen LogP contribution < -0.4 is 0 Å². The highest BCUT2D eigenvalue weighted by Gasteiger charge is 2.26. The predicted octanol–water partition coefficient (Wildman–Crippen LogP) is 3.04. The van der Waals surface area contributed by atoms with Crippen molar-refractivity contribution in [2.24, 2.45) is 11.8 Å². The lowest BCUT2D eigenvalue weighted by atomic mass is 9.92. The van der Waals surface area contributed by atoms with Crippen molar-refractivity contribution in [3.63, 3.8) is 0 Å². The molecule has 0 radical (unpaired) electrons. The average molecular weight is 375 g/mol. The number of esters is 1. The summed E-state index contributed by atoms with van der Waals surface area (Å²) in [6, 6.07) is 3.56. The maximum atomic E-state index is 12.5. The van der Waals surface area contributed by atoms with Gasteiger partial charge in [0.05, 0.1) is 29.2 Å². The fraction of sp³-hybridized carbons (Fsp3) is 0.579. The first-order chi connectivity index (χ1) is 12.3. The fourth-order valence-electron chi connectivity index (χ4n) is 3.28. The molecule has 1 fully saturated rings. The second-order valence-electron chi connectivity index (χ2n) is 6.84. The van der Waals surface area contributed by atoms with Crippen LogP contribution in [0, 0.1) is 30.1 Å². The van der Waals surface area contributed by atoms with E-state index in [0.29, 0.717) is 22.6 Å². The number of rotatable bonds is 5. The van der Waals surface area contributed by atoms with Gasteiger partial charge in [0, 0.05) is 13.1 Å². The van der Waals surface area contributed by atoms with Crippen molar-refractivity contribution < 1.29 is 14.3 Å². The molecule has 1 saturated heterocycles. The van der Waals surface area contributed by atoms with E-state index in [1.54, 1.807) is 13.8 Å². The SMILES string of the molecule is CCOC(=O)c1cc(C#N)c(SCC(=O)N2C[C@H](C)C[C@@H](C)C2)nc1C. The first kappa shape index (κ1) is 20.2. The van der Waals surface area contributed by atoms with Crippen LogP contribution >= 0.6 is 11.8 Å². The summed E-state index contributed by atoms with van der Waals surface area (Å²) in [7, 11) is 0. The largest absolute Gasteiger partial charge is 0.462 e. The van der Waals surface area contributed by atoms with Crippen molar-refractivity contribution in [1.82, 2.24) is 9.88 Å². The first-order valence-corrected chi connectivity index (χ1v) is 9.83. The molecule has 6 nitrogen and oxygen atoms in total. The number of amides is 1. The van der Waals surface area contributed by atoms with Crippen molar-refractivity contribution in [3.05, 3.63) is 22.9 Å². The van der Waals surface area contributed by atoms with Gasteiger partial charge in [0.1, 0.15) is 11.1 Å². The zero-order valence-electron chi connectivity index (χ0n) is 15.7. The quantitative estimate of drug-likeness (QED) is 0.581. The summed E-state index contributed by atoms with van der Waals surface area (Å²) < 4.78 is 4.99. The van der Waals surface area contributed by atoms with Gasteiger partial charge in [0.2, 0.25) is 5.91 Å². The van der Waals surface area contributed by atoms with Crippen molar-refractivity contribution in [3.8, 4) is 6.07 Å². The number of thioether (sulfide) groups is 1.